The Balaban J connectivity index is 1.51. The number of methoxy groups -OCH3 is 1. The Bertz CT molecular complexity index is 1490. The lowest BCUT2D eigenvalue weighted by Gasteiger charge is -2.37. The monoisotopic (exact) mass is 586 g/mol. The van der Waals surface area contributed by atoms with Gasteiger partial charge in [0.05, 0.1) is 17.7 Å². The van der Waals surface area contributed by atoms with E-state index in [-0.39, 0.29) is 18.5 Å². The van der Waals surface area contributed by atoms with Crippen molar-refractivity contribution in [2.45, 2.75) is 50.5 Å². The molecular formula is C31H30ClF3N2O2S. The number of hydrogen-bond donors (Lipinski definition) is 1. The Morgan fingerprint density at radius 2 is 1.70 bits per heavy atom. The molecule has 4 aromatic rings. The van der Waals surface area contributed by atoms with Crippen LogP contribution in [0.3, 0.4) is 0 Å². The first-order valence-corrected chi connectivity index (χ1v) is 14.4. The number of nitrogens with zero attached hydrogens (tertiary/aromatic N) is 1. The van der Waals surface area contributed by atoms with Crippen molar-refractivity contribution in [1.29, 1.82) is 0 Å². The third kappa shape index (κ3) is 5.85. The van der Waals surface area contributed by atoms with E-state index in [0.29, 0.717) is 27.3 Å². The van der Waals surface area contributed by atoms with E-state index in [1.807, 2.05) is 48.3 Å². The molecule has 1 fully saturated rings. The van der Waals surface area contributed by atoms with E-state index in [4.69, 9.17) is 16.3 Å². The zero-order chi connectivity index (χ0) is 28.4. The number of benzene rings is 3. The second kappa shape index (κ2) is 11.8. The van der Waals surface area contributed by atoms with Gasteiger partial charge >= 0.3 is 6.18 Å². The van der Waals surface area contributed by atoms with Gasteiger partial charge in [0.15, 0.2) is 0 Å². The molecule has 0 bridgehead atoms. The molecule has 0 radical (unpaired) electrons. The van der Waals surface area contributed by atoms with Crippen LogP contribution in [0, 0.1) is 0 Å². The minimum absolute atomic E-state index is 0.0119. The van der Waals surface area contributed by atoms with Crippen LogP contribution in [0.5, 0.6) is 5.75 Å². The molecule has 3 aromatic carbocycles. The first-order chi connectivity index (χ1) is 19.2. The van der Waals surface area contributed by atoms with Crippen molar-refractivity contribution >= 4 is 38.9 Å². The summed E-state index contributed by atoms with van der Waals surface area (Å²) in [5.41, 5.74) is 1.48. The predicted octanol–water partition coefficient (Wildman–Crippen LogP) is 8.42. The Kier molecular flexibility index (Phi) is 8.40. The maximum absolute atomic E-state index is 14.2. The van der Waals surface area contributed by atoms with Crippen LogP contribution in [0.15, 0.2) is 66.7 Å². The van der Waals surface area contributed by atoms with Crippen LogP contribution in [0.1, 0.15) is 46.5 Å². The molecule has 1 saturated carbocycles. The van der Waals surface area contributed by atoms with Gasteiger partial charge in [-0.15, -0.1) is 11.3 Å². The molecule has 40 heavy (non-hydrogen) atoms. The smallest absolute Gasteiger partial charge is 0.416 e. The van der Waals surface area contributed by atoms with Crippen LogP contribution in [0.4, 0.5) is 13.2 Å². The number of carbonyl (C=O) groups is 1. The summed E-state index contributed by atoms with van der Waals surface area (Å²) < 4.78 is 45.9. The van der Waals surface area contributed by atoms with Gasteiger partial charge in [-0.05, 0) is 74.2 Å². The third-order valence-electron chi connectivity index (χ3n) is 7.70. The molecular weight excluding hydrogens is 557 g/mol. The topological polar surface area (TPSA) is 41.6 Å². The molecule has 210 valence electrons. The van der Waals surface area contributed by atoms with E-state index in [1.165, 1.54) is 23.5 Å². The van der Waals surface area contributed by atoms with Gasteiger partial charge < -0.3 is 15.0 Å². The van der Waals surface area contributed by atoms with Crippen molar-refractivity contribution in [3.63, 3.8) is 0 Å². The summed E-state index contributed by atoms with van der Waals surface area (Å²) in [4.78, 5) is 16.6. The summed E-state index contributed by atoms with van der Waals surface area (Å²) in [6.07, 6.45) is -0.798. The van der Waals surface area contributed by atoms with Gasteiger partial charge in [0.2, 0.25) is 0 Å². The molecule has 0 aliphatic heterocycles. The Hall–Kier alpha value is -3.07. The lowest BCUT2D eigenvalue weighted by Crippen LogP contribution is -2.44. The maximum atomic E-state index is 14.2. The average molecular weight is 587 g/mol. The number of amides is 1. The van der Waals surface area contributed by atoms with Crippen LogP contribution >= 0.6 is 22.9 Å². The highest BCUT2D eigenvalue weighted by Gasteiger charge is 2.32. The van der Waals surface area contributed by atoms with E-state index in [9.17, 15) is 18.0 Å². The van der Waals surface area contributed by atoms with Crippen LogP contribution in [-0.2, 0) is 12.7 Å². The summed E-state index contributed by atoms with van der Waals surface area (Å²) in [6.45, 7) is 0.288. The van der Waals surface area contributed by atoms with E-state index >= 15 is 0 Å². The molecule has 1 heterocycles. The fourth-order valence-corrected chi connectivity index (χ4v) is 6.91. The molecule has 1 amide bonds. The quantitative estimate of drug-likeness (QED) is 0.236. The Morgan fingerprint density at radius 3 is 2.33 bits per heavy atom. The minimum Gasteiger partial charge on any atom is -0.496 e. The molecule has 1 N–H and O–H groups in total. The normalized spacial score (nSPS) is 17.6. The summed E-state index contributed by atoms with van der Waals surface area (Å²) in [6, 6.07) is 18.8. The maximum Gasteiger partial charge on any atom is 0.416 e. The van der Waals surface area contributed by atoms with Gasteiger partial charge in [0, 0.05) is 34.3 Å². The van der Waals surface area contributed by atoms with Crippen molar-refractivity contribution < 1.29 is 22.7 Å². The number of nitrogens with one attached hydrogen (secondary N) is 1. The highest BCUT2D eigenvalue weighted by Crippen LogP contribution is 2.38. The average Bonchev–Trinajstić information content (AvgIpc) is 3.31. The van der Waals surface area contributed by atoms with Crippen molar-refractivity contribution in [2.75, 3.05) is 14.2 Å². The molecule has 9 heteroatoms. The minimum atomic E-state index is -4.40. The van der Waals surface area contributed by atoms with E-state index in [1.54, 1.807) is 13.2 Å². The number of carbonyl (C=O) groups excluding carboxylic acids is 1. The van der Waals surface area contributed by atoms with Gasteiger partial charge in [-0.25, -0.2) is 0 Å². The van der Waals surface area contributed by atoms with Gasteiger partial charge in [-0.1, -0.05) is 48.0 Å². The molecule has 0 unspecified atom stereocenters. The number of alkyl halides is 3. The van der Waals surface area contributed by atoms with Crippen LogP contribution in [0.2, 0.25) is 5.02 Å². The molecule has 0 atom stereocenters. The first kappa shape index (κ1) is 28.5. The largest absolute Gasteiger partial charge is 0.496 e. The molecule has 1 aliphatic carbocycles. The molecule has 0 saturated heterocycles. The van der Waals surface area contributed by atoms with Crippen molar-refractivity contribution in [1.82, 2.24) is 10.2 Å². The molecule has 0 spiro atoms. The number of halogens is 4. The highest BCUT2D eigenvalue weighted by atomic mass is 35.5. The predicted molar refractivity (Wildman–Crippen MR) is 155 cm³/mol. The lowest BCUT2D eigenvalue weighted by atomic mass is 9.89. The van der Waals surface area contributed by atoms with Crippen molar-refractivity contribution in [3.8, 4) is 16.9 Å². The number of thiophene rings is 1. The van der Waals surface area contributed by atoms with E-state index in [0.717, 1.165) is 59.0 Å². The number of ether oxygens (including phenoxy) is 1. The van der Waals surface area contributed by atoms with E-state index in [2.05, 4.69) is 5.32 Å². The van der Waals surface area contributed by atoms with Crippen molar-refractivity contribution in [2.24, 2.45) is 0 Å². The lowest BCUT2D eigenvalue weighted by molar-refractivity contribution is -0.137. The van der Waals surface area contributed by atoms with Crippen LogP contribution in [0.25, 0.3) is 21.2 Å². The summed E-state index contributed by atoms with van der Waals surface area (Å²) in [7, 11) is 3.53. The summed E-state index contributed by atoms with van der Waals surface area (Å²) >= 11 is 8.13. The highest BCUT2D eigenvalue weighted by molar-refractivity contribution is 7.21. The first-order valence-electron chi connectivity index (χ1n) is 13.2. The van der Waals surface area contributed by atoms with Crippen LogP contribution in [-0.4, -0.2) is 37.0 Å². The molecule has 5 rings (SSSR count). The second-order valence-corrected chi connectivity index (χ2v) is 11.5. The third-order valence-corrected chi connectivity index (χ3v) is 9.37. The zero-order valence-corrected chi connectivity index (χ0v) is 23.8. The van der Waals surface area contributed by atoms with Crippen LogP contribution < -0.4 is 10.1 Å². The standard InChI is InChI=1S/C31H30ClF3N2O2S/c1-36-23-12-14-24(15-13-23)37(30(38)29-28(32)25-5-3-4-6-27(25)40-29)18-21-17-20(9-16-26(21)39-2)19-7-10-22(11-8-19)31(33,34)35/h3-11,16-17,23-24,36H,12-15,18H2,1-2H3/t23-,24+. The second-order valence-electron chi connectivity index (χ2n) is 10.1. The van der Waals surface area contributed by atoms with E-state index < -0.39 is 11.7 Å². The number of fused-ring (bicyclic) bond motifs is 1. The van der Waals surface area contributed by atoms with Crippen molar-refractivity contribution in [3.05, 3.63) is 87.8 Å². The van der Waals surface area contributed by atoms with Gasteiger partial charge in [-0.2, -0.15) is 13.2 Å². The summed E-state index contributed by atoms with van der Waals surface area (Å²) in [5, 5.41) is 4.67. The van der Waals surface area contributed by atoms with Gasteiger partial charge in [0.1, 0.15) is 10.6 Å². The fourth-order valence-electron chi connectivity index (χ4n) is 5.44. The summed E-state index contributed by atoms with van der Waals surface area (Å²) in [5.74, 6) is 0.487. The zero-order valence-electron chi connectivity index (χ0n) is 22.2. The van der Waals surface area contributed by atoms with Gasteiger partial charge in [0.25, 0.3) is 5.91 Å². The SMILES string of the molecule is CN[C@H]1CC[C@@H](N(Cc2cc(-c3ccc(C(F)(F)F)cc3)ccc2OC)C(=O)c2sc3ccccc3c2Cl)CC1. The number of hydrogen-bond acceptors (Lipinski definition) is 4. The molecule has 1 aliphatic rings. The van der Waals surface area contributed by atoms with Gasteiger partial charge in [-0.3, -0.25) is 4.79 Å². The number of rotatable bonds is 7. The Labute approximate surface area is 240 Å². The Morgan fingerprint density at radius 1 is 1.02 bits per heavy atom. The molecule has 1 aromatic heterocycles. The fraction of sp³-hybridized carbons (Fsp3) is 0.323. The molecule has 4 nitrogen and oxygen atoms in total.